The second-order valence-electron chi connectivity index (χ2n) is 12.3. The van der Waals surface area contributed by atoms with Crippen LogP contribution in [0.2, 0.25) is 0 Å². The Morgan fingerprint density at radius 1 is 0.400 bits per heavy atom. The number of rotatable bonds is 4. The van der Waals surface area contributed by atoms with Crippen LogP contribution in [0.15, 0.2) is 152 Å². The minimum absolute atomic E-state index is 0.574. The fourth-order valence-corrected chi connectivity index (χ4v) is 7.47. The molecular formula is C45H25N5. The van der Waals surface area contributed by atoms with E-state index in [0.29, 0.717) is 16.7 Å². The lowest BCUT2D eigenvalue weighted by Crippen LogP contribution is -1.99. The van der Waals surface area contributed by atoms with Crippen molar-refractivity contribution in [1.82, 2.24) is 9.13 Å². The van der Waals surface area contributed by atoms with E-state index in [1.54, 1.807) is 0 Å². The summed E-state index contributed by atoms with van der Waals surface area (Å²) in [5, 5.41) is 33.7. The molecule has 50 heavy (non-hydrogen) atoms. The number of hydrogen-bond acceptors (Lipinski definition) is 3. The molecule has 5 heteroatoms. The summed E-state index contributed by atoms with van der Waals surface area (Å²) in [5.41, 5.74) is 11.9. The van der Waals surface area contributed by atoms with Crippen LogP contribution >= 0.6 is 0 Å². The van der Waals surface area contributed by atoms with Gasteiger partial charge in [-0.1, -0.05) is 78.9 Å². The van der Waals surface area contributed by atoms with Gasteiger partial charge in [-0.15, -0.1) is 0 Å². The van der Waals surface area contributed by atoms with Gasteiger partial charge in [0.25, 0.3) is 0 Å². The molecule has 2 aromatic heterocycles. The first-order valence-electron chi connectivity index (χ1n) is 16.3. The van der Waals surface area contributed by atoms with E-state index < -0.39 is 0 Å². The van der Waals surface area contributed by atoms with Gasteiger partial charge in [0.05, 0.1) is 62.7 Å². The molecule has 0 fully saturated rings. The second kappa shape index (κ2) is 11.4. The van der Waals surface area contributed by atoms with Crippen LogP contribution in [-0.2, 0) is 0 Å². The van der Waals surface area contributed by atoms with Gasteiger partial charge in [-0.3, -0.25) is 0 Å². The van der Waals surface area contributed by atoms with Crippen molar-refractivity contribution < 1.29 is 0 Å². The molecule has 5 nitrogen and oxygen atoms in total. The van der Waals surface area contributed by atoms with Gasteiger partial charge in [0.2, 0.25) is 0 Å². The molecule has 7 aromatic carbocycles. The minimum Gasteiger partial charge on any atom is -0.309 e. The van der Waals surface area contributed by atoms with Crippen LogP contribution in [0, 0.1) is 34.0 Å². The van der Waals surface area contributed by atoms with E-state index in [2.05, 4.69) is 94.1 Å². The maximum Gasteiger partial charge on any atom is 0.0998 e. The predicted octanol–water partition coefficient (Wildman–Crippen LogP) is 10.8. The lowest BCUT2D eigenvalue weighted by Gasteiger charge is -2.18. The van der Waals surface area contributed by atoms with Crippen molar-refractivity contribution in [3.63, 3.8) is 0 Å². The van der Waals surface area contributed by atoms with Crippen molar-refractivity contribution in [2.24, 2.45) is 0 Å². The highest BCUT2D eigenvalue weighted by Gasteiger charge is 2.19. The predicted molar refractivity (Wildman–Crippen MR) is 200 cm³/mol. The number of hydrogen-bond donors (Lipinski definition) is 0. The van der Waals surface area contributed by atoms with E-state index in [1.807, 2.05) is 84.9 Å². The van der Waals surface area contributed by atoms with E-state index >= 15 is 0 Å². The largest absolute Gasteiger partial charge is 0.309 e. The summed E-state index contributed by atoms with van der Waals surface area (Å²) >= 11 is 0. The fraction of sp³-hybridized carbons (Fsp3) is 0. The molecule has 0 aliphatic heterocycles. The van der Waals surface area contributed by atoms with E-state index in [1.165, 1.54) is 0 Å². The smallest absolute Gasteiger partial charge is 0.0998 e. The van der Waals surface area contributed by atoms with Gasteiger partial charge in [0.15, 0.2) is 0 Å². The van der Waals surface area contributed by atoms with Crippen molar-refractivity contribution in [3.05, 3.63) is 168 Å². The lowest BCUT2D eigenvalue weighted by molar-refractivity contribution is 1.18. The molecule has 0 aliphatic rings. The molecule has 0 spiro atoms. The number of nitrogens with zero attached hydrogens (tertiary/aromatic N) is 5. The van der Waals surface area contributed by atoms with Crippen LogP contribution in [0.5, 0.6) is 0 Å². The van der Waals surface area contributed by atoms with Gasteiger partial charge in [0, 0.05) is 32.8 Å². The number of para-hydroxylation sites is 2. The Balaban J connectivity index is 1.23. The van der Waals surface area contributed by atoms with Gasteiger partial charge >= 0.3 is 0 Å². The monoisotopic (exact) mass is 635 g/mol. The molecule has 0 radical (unpaired) electrons. The van der Waals surface area contributed by atoms with Crippen LogP contribution in [-0.4, -0.2) is 9.13 Å². The Morgan fingerprint density at radius 2 is 1.02 bits per heavy atom. The molecule has 9 rings (SSSR count). The summed E-state index contributed by atoms with van der Waals surface area (Å²) in [6.45, 7) is 0. The summed E-state index contributed by atoms with van der Waals surface area (Å²) in [7, 11) is 0. The molecule has 0 amide bonds. The van der Waals surface area contributed by atoms with Crippen LogP contribution in [0.1, 0.15) is 16.7 Å². The third-order valence-electron chi connectivity index (χ3n) is 9.64. The quantitative estimate of drug-likeness (QED) is 0.193. The van der Waals surface area contributed by atoms with Gasteiger partial charge in [0.1, 0.15) is 0 Å². The Labute approximate surface area is 287 Å². The molecule has 0 saturated carbocycles. The fourth-order valence-electron chi connectivity index (χ4n) is 7.47. The molecule has 0 atom stereocenters. The van der Waals surface area contributed by atoms with Crippen molar-refractivity contribution in [2.45, 2.75) is 0 Å². The summed E-state index contributed by atoms with van der Waals surface area (Å²) in [4.78, 5) is 0. The minimum atomic E-state index is 0.574. The third kappa shape index (κ3) is 4.31. The molecule has 0 bridgehead atoms. The van der Waals surface area contributed by atoms with E-state index in [4.69, 9.17) is 0 Å². The Bertz CT molecular complexity index is 2960. The van der Waals surface area contributed by atoms with Crippen molar-refractivity contribution >= 4 is 43.6 Å². The Morgan fingerprint density at radius 3 is 1.78 bits per heavy atom. The summed E-state index contributed by atoms with van der Waals surface area (Å²) < 4.78 is 4.45. The molecule has 0 saturated heterocycles. The Kier molecular flexibility index (Phi) is 6.56. The maximum absolute atomic E-state index is 10.0. The van der Waals surface area contributed by atoms with E-state index in [-0.39, 0.29) is 0 Å². The van der Waals surface area contributed by atoms with Crippen LogP contribution in [0.3, 0.4) is 0 Å². The molecule has 230 valence electrons. The SMILES string of the molecule is N#Cc1ccc(-n2c3ccccc3c3cc(C#N)ccc32)c(-c2ccccc2-c2ccc(-n3c4ccccc4c4c(C#N)cccc43)cc2)c1. The number of aromatic nitrogens is 2. The van der Waals surface area contributed by atoms with Gasteiger partial charge in [-0.05, 0) is 89.5 Å². The lowest BCUT2D eigenvalue weighted by atomic mass is 9.92. The molecule has 9 aromatic rings. The van der Waals surface area contributed by atoms with Crippen molar-refractivity contribution in [2.75, 3.05) is 0 Å². The summed E-state index contributed by atoms with van der Waals surface area (Å²) in [6, 6.07) is 57.9. The zero-order valence-electron chi connectivity index (χ0n) is 26.7. The van der Waals surface area contributed by atoms with Crippen molar-refractivity contribution in [3.8, 4) is 51.8 Å². The van der Waals surface area contributed by atoms with Gasteiger partial charge in [-0.2, -0.15) is 15.8 Å². The first-order valence-corrected chi connectivity index (χ1v) is 16.3. The molecule has 2 heterocycles. The maximum atomic E-state index is 10.0. The third-order valence-corrected chi connectivity index (χ3v) is 9.64. The van der Waals surface area contributed by atoms with Crippen molar-refractivity contribution in [1.29, 1.82) is 15.8 Å². The molecular weight excluding hydrogens is 611 g/mol. The van der Waals surface area contributed by atoms with Gasteiger partial charge in [-0.25, -0.2) is 0 Å². The molecule has 0 aliphatic carbocycles. The average molecular weight is 636 g/mol. The highest BCUT2D eigenvalue weighted by molar-refractivity contribution is 6.12. The topological polar surface area (TPSA) is 81.2 Å². The zero-order valence-corrected chi connectivity index (χ0v) is 26.7. The normalized spacial score (nSPS) is 11.1. The Hall–Kier alpha value is -7.39. The first kappa shape index (κ1) is 28.8. The second-order valence-corrected chi connectivity index (χ2v) is 12.3. The highest BCUT2D eigenvalue weighted by Crippen LogP contribution is 2.41. The number of nitriles is 3. The van der Waals surface area contributed by atoms with E-state index in [9.17, 15) is 15.8 Å². The van der Waals surface area contributed by atoms with Crippen LogP contribution in [0.4, 0.5) is 0 Å². The summed E-state index contributed by atoms with van der Waals surface area (Å²) in [5.74, 6) is 0. The first-order chi connectivity index (χ1) is 24.7. The van der Waals surface area contributed by atoms with Crippen LogP contribution < -0.4 is 0 Å². The average Bonchev–Trinajstić information content (AvgIpc) is 3.70. The molecule has 0 N–H and O–H groups in total. The van der Waals surface area contributed by atoms with Gasteiger partial charge < -0.3 is 9.13 Å². The summed E-state index contributed by atoms with van der Waals surface area (Å²) in [6.07, 6.45) is 0. The molecule has 0 unspecified atom stereocenters. The zero-order chi connectivity index (χ0) is 33.8. The van der Waals surface area contributed by atoms with E-state index in [0.717, 1.165) is 77.2 Å². The highest BCUT2D eigenvalue weighted by atomic mass is 15.0. The standard InChI is InChI=1S/C45H25N5/c46-26-29-16-22-42(50-40-13-5-3-11-36(40)39-25-30(27-47)17-23-43(39)50)38(24-29)35-10-2-1-9-34(35)31-18-20-33(21-19-31)49-41-14-6-4-12-37(41)45-32(28-48)8-7-15-44(45)49/h1-25H. The number of fused-ring (bicyclic) bond motifs is 6. The number of benzene rings is 7. The van der Waals surface area contributed by atoms with Crippen LogP contribution in [0.25, 0.3) is 77.2 Å².